The number of aliphatic hydroxyl groups is 1. The molecular formula is C23H13N5O7S. The van der Waals surface area contributed by atoms with Gasteiger partial charge in [-0.2, -0.15) is 0 Å². The number of aliphatic hydroxyl groups excluding tert-OH is 1. The molecule has 1 aliphatic rings. The van der Waals surface area contributed by atoms with Crippen molar-refractivity contribution in [3.05, 3.63) is 104 Å². The van der Waals surface area contributed by atoms with Crippen molar-refractivity contribution in [1.29, 1.82) is 0 Å². The molecule has 1 fully saturated rings. The van der Waals surface area contributed by atoms with Crippen LogP contribution < -0.4 is 4.90 Å². The van der Waals surface area contributed by atoms with Gasteiger partial charge in [-0.1, -0.05) is 29.5 Å². The van der Waals surface area contributed by atoms with Crippen LogP contribution >= 0.6 is 11.3 Å². The Morgan fingerprint density at radius 3 is 2.42 bits per heavy atom. The van der Waals surface area contributed by atoms with Gasteiger partial charge in [-0.15, -0.1) is 0 Å². The normalized spacial score (nSPS) is 17.0. The van der Waals surface area contributed by atoms with Crippen LogP contribution in [0.1, 0.15) is 17.3 Å². The lowest BCUT2D eigenvalue weighted by Crippen LogP contribution is -2.29. The van der Waals surface area contributed by atoms with Gasteiger partial charge in [0.15, 0.2) is 5.13 Å². The smallest absolute Gasteiger partial charge is 0.301 e. The van der Waals surface area contributed by atoms with E-state index in [0.717, 1.165) is 22.3 Å². The van der Waals surface area contributed by atoms with Crippen molar-refractivity contribution in [3.63, 3.8) is 0 Å². The van der Waals surface area contributed by atoms with Crippen molar-refractivity contribution in [2.75, 3.05) is 4.90 Å². The topological polar surface area (TPSA) is 170 Å². The maximum absolute atomic E-state index is 13.2. The summed E-state index contributed by atoms with van der Waals surface area (Å²) < 4.78 is 0.416. The van der Waals surface area contributed by atoms with Crippen LogP contribution in [0.3, 0.4) is 0 Å². The largest absolute Gasteiger partial charge is 0.507 e. The molecule has 0 bridgehead atoms. The number of hydrogen-bond donors (Lipinski definition) is 1. The summed E-state index contributed by atoms with van der Waals surface area (Å²) in [6, 6.07) is 12.7. The molecule has 1 aliphatic heterocycles. The fourth-order valence-corrected chi connectivity index (χ4v) is 4.91. The van der Waals surface area contributed by atoms with Gasteiger partial charge in [0, 0.05) is 36.0 Å². The molecular weight excluding hydrogens is 490 g/mol. The lowest BCUT2D eigenvalue weighted by Gasteiger charge is -2.21. The van der Waals surface area contributed by atoms with Gasteiger partial charge in [0.05, 0.1) is 31.3 Å². The lowest BCUT2D eigenvalue weighted by atomic mass is 9.98. The van der Waals surface area contributed by atoms with Crippen molar-refractivity contribution in [2.45, 2.75) is 6.04 Å². The number of anilines is 1. The summed E-state index contributed by atoms with van der Waals surface area (Å²) in [7, 11) is 0. The number of fused-ring (bicyclic) bond motifs is 1. The number of nitrogens with zero attached hydrogens (tertiary/aromatic N) is 5. The Bertz CT molecular complexity index is 1620. The molecule has 0 aliphatic carbocycles. The predicted molar refractivity (Wildman–Crippen MR) is 128 cm³/mol. The van der Waals surface area contributed by atoms with Crippen molar-refractivity contribution in [2.24, 2.45) is 0 Å². The molecule has 0 saturated carbocycles. The predicted octanol–water partition coefficient (Wildman–Crippen LogP) is 4.13. The van der Waals surface area contributed by atoms with Crippen LogP contribution in [0.4, 0.5) is 16.5 Å². The zero-order valence-electron chi connectivity index (χ0n) is 18.0. The average Bonchev–Trinajstić information content (AvgIpc) is 3.41. The summed E-state index contributed by atoms with van der Waals surface area (Å²) >= 11 is 0.962. The Kier molecular flexibility index (Phi) is 5.45. The second-order valence-corrected chi connectivity index (χ2v) is 8.65. The Morgan fingerprint density at radius 1 is 0.972 bits per heavy atom. The molecule has 13 heteroatoms. The first-order valence-electron chi connectivity index (χ1n) is 10.3. The number of benzene rings is 2. The third-order valence-electron chi connectivity index (χ3n) is 5.52. The molecule has 1 N–H and O–H groups in total. The van der Waals surface area contributed by atoms with Crippen molar-refractivity contribution >= 4 is 55.5 Å². The fraction of sp³-hybridized carbons (Fsp3) is 0.0435. The van der Waals surface area contributed by atoms with Crippen LogP contribution in [0, 0.1) is 20.2 Å². The number of rotatable bonds is 5. The number of ketones is 1. The van der Waals surface area contributed by atoms with Crippen molar-refractivity contribution in [3.8, 4) is 0 Å². The summed E-state index contributed by atoms with van der Waals surface area (Å²) in [5.74, 6) is -2.63. The molecule has 36 heavy (non-hydrogen) atoms. The van der Waals surface area contributed by atoms with Crippen LogP contribution in [-0.2, 0) is 9.59 Å². The van der Waals surface area contributed by atoms with Crippen LogP contribution in [0.25, 0.3) is 16.0 Å². The SMILES string of the molecule is O=C1C(=O)N(c2nc3ccc([N+](=O)[O-])cc3s2)C(c2ccccn2)/C1=C(\O)c1cccc([N+](=O)[O-])c1. The van der Waals surface area contributed by atoms with E-state index >= 15 is 0 Å². The summed E-state index contributed by atoms with van der Waals surface area (Å²) in [6.45, 7) is 0. The second kappa shape index (κ2) is 8.63. The summed E-state index contributed by atoms with van der Waals surface area (Å²) in [5.41, 5.74) is -0.190. The fourth-order valence-electron chi connectivity index (χ4n) is 3.89. The highest BCUT2D eigenvalue weighted by Gasteiger charge is 2.49. The highest BCUT2D eigenvalue weighted by Crippen LogP contribution is 2.44. The zero-order valence-corrected chi connectivity index (χ0v) is 18.8. The molecule has 1 amide bonds. The number of Topliss-reactive ketones (excluding diaryl/α,β-unsaturated/α-hetero) is 1. The van der Waals surface area contributed by atoms with Gasteiger partial charge in [0.1, 0.15) is 11.8 Å². The molecule has 2 aromatic heterocycles. The first-order valence-corrected chi connectivity index (χ1v) is 11.1. The van der Waals surface area contributed by atoms with E-state index in [4.69, 9.17) is 0 Å². The van der Waals surface area contributed by atoms with E-state index in [1.165, 1.54) is 42.6 Å². The van der Waals surface area contributed by atoms with E-state index in [0.29, 0.717) is 10.2 Å². The number of aromatic nitrogens is 2. The highest BCUT2D eigenvalue weighted by atomic mass is 32.1. The Balaban J connectivity index is 1.71. The maximum Gasteiger partial charge on any atom is 0.301 e. The van der Waals surface area contributed by atoms with Crippen LogP contribution in [0.5, 0.6) is 0 Å². The number of carbonyl (C=O) groups excluding carboxylic acids is 2. The number of amides is 1. The minimum absolute atomic E-state index is 0.0249. The molecule has 12 nitrogen and oxygen atoms in total. The van der Waals surface area contributed by atoms with Gasteiger partial charge in [-0.25, -0.2) is 4.98 Å². The third-order valence-corrected chi connectivity index (χ3v) is 6.54. The van der Waals surface area contributed by atoms with Gasteiger partial charge in [0.2, 0.25) is 0 Å². The lowest BCUT2D eigenvalue weighted by molar-refractivity contribution is -0.385. The minimum atomic E-state index is -1.19. The van der Waals surface area contributed by atoms with Gasteiger partial charge < -0.3 is 5.11 Å². The number of pyridine rings is 1. The number of carbonyl (C=O) groups is 2. The van der Waals surface area contributed by atoms with E-state index in [-0.39, 0.29) is 33.3 Å². The molecule has 178 valence electrons. The molecule has 0 radical (unpaired) electrons. The van der Waals surface area contributed by atoms with Crippen molar-refractivity contribution in [1.82, 2.24) is 9.97 Å². The first-order chi connectivity index (χ1) is 17.3. The second-order valence-electron chi connectivity index (χ2n) is 7.64. The standard InChI is InChI=1S/C23H13N5O7S/c29-20(12-4-3-5-13(10-12)27(32)33)18-19(16-6-1-2-9-24-16)26(22(31)21(18)30)23-25-15-8-7-14(28(34)35)11-17(15)36-23/h1-11,19,29H/b20-18+. The molecule has 4 aromatic rings. The van der Waals surface area contributed by atoms with Gasteiger partial charge in [-0.3, -0.25) is 39.7 Å². The Hall–Kier alpha value is -5.04. The van der Waals surface area contributed by atoms with Gasteiger partial charge in [-0.05, 0) is 18.2 Å². The molecule has 1 atom stereocenters. The molecule has 2 aromatic carbocycles. The molecule has 5 rings (SSSR count). The molecule has 0 spiro atoms. The summed E-state index contributed by atoms with van der Waals surface area (Å²) in [6.07, 6.45) is 1.45. The summed E-state index contributed by atoms with van der Waals surface area (Å²) in [5, 5.41) is 33.5. The minimum Gasteiger partial charge on any atom is -0.507 e. The molecule has 3 heterocycles. The molecule has 1 unspecified atom stereocenters. The summed E-state index contributed by atoms with van der Waals surface area (Å²) in [4.78, 5) is 57.3. The van der Waals surface area contributed by atoms with E-state index < -0.39 is 33.3 Å². The van der Waals surface area contributed by atoms with Crippen LogP contribution in [-0.4, -0.2) is 36.6 Å². The van der Waals surface area contributed by atoms with E-state index in [2.05, 4.69) is 9.97 Å². The quantitative estimate of drug-likeness (QED) is 0.138. The first kappa shape index (κ1) is 22.7. The average molecular weight is 503 g/mol. The van der Waals surface area contributed by atoms with E-state index in [1.807, 2.05) is 0 Å². The third kappa shape index (κ3) is 3.73. The number of thiazole rings is 1. The number of non-ortho nitro benzene ring substituents is 2. The van der Waals surface area contributed by atoms with Gasteiger partial charge in [0.25, 0.3) is 17.2 Å². The van der Waals surface area contributed by atoms with Crippen LogP contribution in [0.15, 0.2) is 72.4 Å². The van der Waals surface area contributed by atoms with Crippen LogP contribution in [0.2, 0.25) is 0 Å². The number of nitro groups is 2. The maximum atomic E-state index is 13.2. The zero-order chi connectivity index (χ0) is 25.6. The van der Waals surface area contributed by atoms with Crippen molar-refractivity contribution < 1.29 is 24.5 Å². The number of hydrogen-bond acceptors (Lipinski definition) is 10. The van der Waals surface area contributed by atoms with E-state index in [9.17, 15) is 34.9 Å². The van der Waals surface area contributed by atoms with Gasteiger partial charge >= 0.3 is 5.91 Å². The number of nitro benzene ring substituents is 2. The molecule has 1 saturated heterocycles. The Labute approximate surface area is 205 Å². The van der Waals surface area contributed by atoms with E-state index in [1.54, 1.807) is 18.2 Å². The Morgan fingerprint density at radius 2 is 1.72 bits per heavy atom. The monoisotopic (exact) mass is 503 g/mol. The highest BCUT2D eigenvalue weighted by molar-refractivity contribution is 7.22.